The summed E-state index contributed by atoms with van der Waals surface area (Å²) < 4.78 is 19.1. The Morgan fingerprint density at radius 2 is 2.05 bits per heavy atom. The van der Waals surface area contributed by atoms with Gasteiger partial charge in [-0.25, -0.2) is 4.39 Å². The minimum Gasteiger partial charge on any atom is -0.489 e. The van der Waals surface area contributed by atoms with Crippen LogP contribution in [0.25, 0.3) is 0 Å². The number of hydrogen-bond acceptors (Lipinski definition) is 3. The molecule has 2 aromatic rings. The molecule has 20 heavy (non-hydrogen) atoms. The molecule has 0 aliphatic rings. The number of rotatable bonds is 4. The lowest BCUT2D eigenvalue weighted by atomic mass is 10.1. The first-order chi connectivity index (χ1) is 9.61. The zero-order valence-corrected chi connectivity index (χ0v) is 11.0. The van der Waals surface area contributed by atoms with Gasteiger partial charge in [-0.05, 0) is 24.6 Å². The molecule has 2 aromatic carbocycles. The fourth-order valence-electron chi connectivity index (χ4n) is 1.74. The normalized spacial score (nSPS) is 11.4. The monoisotopic (exact) mass is 274 g/mol. The highest BCUT2D eigenvalue weighted by Gasteiger charge is 2.07. The molecule has 0 amide bonds. The predicted molar refractivity (Wildman–Crippen MR) is 74.4 cm³/mol. The molecule has 0 heterocycles. The third-order valence-corrected chi connectivity index (χ3v) is 2.93. The summed E-state index contributed by atoms with van der Waals surface area (Å²) in [5, 5.41) is 11.6. The van der Waals surface area contributed by atoms with E-state index in [2.05, 4.69) is 5.16 Å². The maximum Gasteiger partial charge on any atom is 0.170 e. The summed E-state index contributed by atoms with van der Waals surface area (Å²) >= 11 is 0. The third kappa shape index (κ3) is 3.06. The van der Waals surface area contributed by atoms with Crippen molar-refractivity contribution < 1.29 is 14.3 Å². The number of halogens is 1. The summed E-state index contributed by atoms with van der Waals surface area (Å²) in [6.45, 7) is 1.99. The van der Waals surface area contributed by atoms with E-state index in [4.69, 9.17) is 15.7 Å². The average Bonchev–Trinajstić information content (AvgIpc) is 2.47. The number of hydrogen-bond donors (Lipinski definition) is 2. The van der Waals surface area contributed by atoms with Gasteiger partial charge in [-0.15, -0.1) is 0 Å². The second-order valence-electron chi connectivity index (χ2n) is 4.35. The molecule has 0 spiro atoms. The minimum atomic E-state index is -0.308. The van der Waals surface area contributed by atoms with E-state index in [-0.39, 0.29) is 18.3 Å². The molecule has 0 fully saturated rings. The average molecular weight is 274 g/mol. The number of benzene rings is 2. The van der Waals surface area contributed by atoms with E-state index in [1.165, 1.54) is 6.07 Å². The SMILES string of the molecule is Cc1ccc(/C(N)=N/O)cc1OCc1ccccc1F. The smallest absolute Gasteiger partial charge is 0.170 e. The predicted octanol–water partition coefficient (Wildman–Crippen LogP) is 2.81. The van der Waals surface area contributed by atoms with E-state index < -0.39 is 0 Å². The fraction of sp³-hybridized carbons (Fsp3) is 0.133. The molecule has 0 saturated carbocycles. The molecule has 5 heteroatoms. The molecule has 0 unspecified atom stereocenters. The third-order valence-electron chi connectivity index (χ3n) is 2.93. The summed E-state index contributed by atoms with van der Waals surface area (Å²) in [4.78, 5) is 0. The van der Waals surface area contributed by atoms with E-state index in [0.29, 0.717) is 16.9 Å². The van der Waals surface area contributed by atoms with Crippen LogP contribution in [0.2, 0.25) is 0 Å². The minimum absolute atomic E-state index is 0.000687. The van der Waals surface area contributed by atoms with Crippen LogP contribution in [0.4, 0.5) is 4.39 Å². The van der Waals surface area contributed by atoms with E-state index in [1.807, 2.05) is 6.92 Å². The highest BCUT2D eigenvalue weighted by Crippen LogP contribution is 2.21. The van der Waals surface area contributed by atoms with Crippen molar-refractivity contribution in [3.05, 3.63) is 65.0 Å². The highest BCUT2D eigenvalue weighted by atomic mass is 19.1. The molecule has 104 valence electrons. The Morgan fingerprint density at radius 3 is 2.75 bits per heavy atom. The van der Waals surface area contributed by atoms with Gasteiger partial charge in [0.15, 0.2) is 5.84 Å². The molecule has 4 nitrogen and oxygen atoms in total. The van der Waals surface area contributed by atoms with Crippen molar-refractivity contribution in [1.82, 2.24) is 0 Å². The largest absolute Gasteiger partial charge is 0.489 e. The Morgan fingerprint density at radius 1 is 1.30 bits per heavy atom. The second-order valence-corrected chi connectivity index (χ2v) is 4.35. The van der Waals surface area contributed by atoms with Gasteiger partial charge < -0.3 is 15.7 Å². The van der Waals surface area contributed by atoms with Crippen LogP contribution in [0.15, 0.2) is 47.6 Å². The van der Waals surface area contributed by atoms with Gasteiger partial charge in [0.1, 0.15) is 18.2 Å². The van der Waals surface area contributed by atoms with Crippen LogP contribution in [0.1, 0.15) is 16.7 Å². The Kier molecular flexibility index (Phi) is 4.20. The zero-order chi connectivity index (χ0) is 14.5. The number of ether oxygens (including phenoxy) is 1. The lowest BCUT2D eigenvalue weighted by molar-refractivity contribution is 0.297. The van der Waals surface area contributed by atoms with Crippen LogP contribution in [0.3, 0.4) is 0 Å². The first-order valence-electron chi connectivity index (χ1n) is 6.06. The Balaban J connectivity index is 2.19. The van der Waals surface area contributed by atoms with E-state index in [1.54, 1.807) is 36.4 Å². The van der Waals surface area contributed by atoms with Crippen molar-refractivity contribution in [3.63, 3.8) is 0 Å². The summed E-state index contributed by atoms with van der Waals surface area (Å²) in [7, 11) is 0. The summed E-state index contributed by atoms with van der Waals surface area (Å²) in [5.74, 6) is 0.260. The number of aryl methyl sites for hydroxylation is 1. The summed E-state index contributed by atoms with van der Waals surface area (Å²) in [6, 6.07) is 11.6. The van der Waals surface area contributed by atoms with Crippen molar-refractivity contribution in [2.45, 2.75) is 13.5 Å². The molecular formula is C15H15FN2O2. The molecule has 0 bridgehead atoms. The first kappa shape index (κ1) is 13.9. The Bertz CT molecular complexity index is 642. The van der Waals surface area contributed by atoms with Crippen LogP contribution in [0.5, 0.6) is 5.75 Å². The van der Waals surface area contributed by atoms with Crippen LogP contribution >= 0.6 is 0 Å². The Labute approximate surface area is 116 Å². The van der Waals surface area contributed by atoms with Gasteiger partial charge in [0.25, 0.3) is 0 Å². The molecule has 0 saturated heterocycles. The van der Waals surface area contributed by atoms with Crippen LogP contribution < -0.4 is 10.5 Å². The molecule has 0 aliphatic carbocycles. The van der Waals surface area contributed by atoms with Crippen molar-refractivity contribution >= 4 is 5.84 Å². The van der Waals surface area contributed by atoms with Gasteiger partial charge in [-0.1, -0.05) is 35.5 Å². The standard InChI is InChI=1S/C15H15FN2O2/c1-10-6-7-11(15(17)18-19)8-14(10)20-9-12-4-2-3-5-13(12)16/h2-8,19H,9H2,1H3,(H2,17,18). The molecule has 0 radical (unpaired) electrons. The lowest BCUT2D eigenvalue weighted by Crippen LogP contribution is -2.13. The number of nitrogens with two attached hydrogens (primary N) is 1. The van der Waals surface area contributed by atoms with Gasteiger partial charge in [0.2, 0.25) is 0 Å². The van der Waals surface area contributed by atoms with E-state index in [9.17, 15) is 4.39 Å². The fourth-order valence-corrected chi connectivity index (χ4v) is 1.74. The maximum atomic E-state index is 13.5. The van der Waals surface area contributed by atoms with Gasteiger partial charge in [0.05, 0.1) is 0 Å². The number of nitrogens with zero attached hydrogens (tertiary/aromatic N) is 1. The van der Waals surface area contributed by atoms with Crippen LogP contribution in [-0.2, 0) is 6.61 Å². The quantitative estimate of drug-likeness (QED) is 0.390. The molecule has 3 N–H and O–H groups in total. The number of oxime groups is 1. The van der Waals surface area contributed by atoms with Crippen molar-refractivity contribution in [2.24, 2.45) is 10.9 Å². The molecular weight excluding hydrogens is 259 g/mol. The van der Waals surface area contributed by atoms with Crippen LogP contribution in [-0.4, -0.2) is 11.0 Å². The summed E-state index contributed by atoms with van der Waals surface area (Å²) in [5.41, 5.74) is 7.43. The highest BCUT2D eigenvalue weighted by molar-refractivity contribution is 5.97. The van der Waals surface area contributed by atoms with Gasteiger partial charge in [-0.3, -0.25) is 0 Å². The number of amidine groups is 1. The Hall–Kier alpha value is -2.56. The molecule has 0 atom stereocenters. The van der Waals surface area contributed by atoms with E-state index >= 15 is 0 Å². The zero-order valence-electron chi connectivity index (χ0n) is 11.0. The topological polar surface area (TPSA) is 67.8 Å². The molecule has 2 rings (SSSR count). The second kappa shape index (κ2) is 6.06. The first-order valence-corrected chi connectivity index (χ1v) is 6.06. The maximum absolute atomic E-state index is 13.5. The van der Waals surface area contributed by atoms with Gasteiger partial charge >= 0.3 is 0 Å². The van der Waals surface area contributed by atoms with Gasteiger partial charge in [-0.2, -0.15) is 0 Å². The van der Waals surface area contributed by atoms with Crippen LogP contribution in [0, 0.1) is 12.7 Å². The molecule has 0 aromatic heterocycles. The van der Waals surface area contributed by atoms with Crippen molar-refractivity contribution in [3.8, 4) is 5.75 Å². The lowest BCUT2D eigenvalue weighted by Gasteiger charge is -2.11. The van der Waals surface area contributed by atoms with Crippen molar-refractivity contribution in [1.29, 1.82) is 0 Å². The van der Waals surface area contributed by atoms with Crippen molar-refractivity contribution in [2.75, 3.05) is 0 Å². The summed E-state index contributed by atoms with van der Waals surface area (Å²) in [6.07, 6.45) is 0. The van der Waals surface area contributed by atoms with Gasteiger partial charge in [0, 0.05) is 11.1 Å². The molecule has 0 aliphatic heterocycles. The van der Waals surface area contributed by atoms with E-state index in [0.717, 1.165) is 5.56 Å².